The quantitative estimate of drug-likeness (QED) is 0.655. The number of carbonyl (C=O) groups is 1. The van der Waals surface area contributed by atoms with Gasteiger partial charge in [0.2, 0.25) is 0 Å². The highest BCUT2D eigenvalue weighted by molar-refractivity contribution is 6.03. The molecular weight excluding hydrogens is 250 g/mol. The fourth-order valence-corrected chi connectivity index (χ4v) is 3.40. The molecule has 106 valence electrons. The molecule has 0 spiro atoms. The van der Waals surface area contributed by atoms with E-state index in [1.807, 2.05) is 18.2 Å². The smallest absolute Gasteiger partial charge is 0.153 e. The standard InChI is InChI=1S/C16H21N3O/c17-19-16-13-9-5-4-8-12(13)14(18-16)10-15(20)11-6-2-1-3-7-11/h4-5,8-9,11,14H,1-3,6-7,10,17H2,(H,18,19). The lowest BCUT2D eigenvalue weighted by atomic mass is 9.83. The summed E-state index contributed by atoms with van der Waals surface area (Å²) in [7, 11) is 0. The molecule has 1 aliphatic heterocycles. The lowest BCUT2D eigenvalue weighted by Gasteiger charge is -2.22. The number of nitrogens with two attached hydrogens (primary N) is 1. The molecule has 3 N–H and O–H groups in total. The Balaban J connectivity index is 1.74. The largest absolute Gasteiger partial charge is 0.361 e. The number of hydrogen-bond acceptors (Lipinski definition) is 3. The Morgan fingerprint density at radius 1 is 1.25 bits per heavy atom. The molecule has 2 aliphatic rings. The van der Waals surface area contributed by atoms with Crippen molar-refractivity contribution < 1.29 is 4.79 Å². The van der Waals surface area contributed by atoms with Crippen LogP contribution in [0.15, 0.2) is 29.4 Å². The molecule has 1 aliphatic carbocycles. The van der Waals surface area contributed by atoms with Gasteiger partial charge in [0.05, 0.1) is 6.04 Å². The lowest BCUT2D eigenvalue weighted by Crippen LogP contribution is -2.26. The van der Waals surface area contributed by atoms with Gasteiger partial charge in [-0.2, -0.15) is 5.10 Å². The van der Waals surface area contributed by atoms with Crippen molar-refractivity contribution in [1.29, 1.82) is 0 Å². The fourth-order valence-electron chi connectivity index (χ4n) is 3.40. The third-order valence-electron chi connectivity index (χ3n) is 4.50. The molecule has 4 nitrogen and oxygen atoms in total. The van der Waals surface area contributed by atoms with Crippen LogP contribution in [0.1, 0.15) is 55.7 Å². The molecule has 1 aromatic rings. The summed E-state index contributed by atoms with van der Waals surface area (Å²) in [5.74, 6) is 6.77. The maximum Gasteiger partial charge on any atom is 0.153 e. The highest BCUT2D eigenvalue weighted by Gasteiger charge is 2.30. The fraction of sp³-hybridized carbons (Fsp3) is 0.500. The summed E-state index contributed by atoms with van der Waals surface area (Å²) >= 11 is 0. The van der Waals surface area contributed by atoms with Crippen molar-refractivity contribution in [2.24, 2.45) is 16.9 Å². The molecule has 1 atom stereocenters. The number of Topliss-reactive ketones (excluding diaryl/α,β-unsaturated/α-hetero) is 1. The third kappa shape index (κ3) is 2.42. The molecule has 0 bridgehead atoms. The summed E-state index contributed by atoms with van der Waals surface area (Å²) < 4.78 is 0. The molecular formula is C16H21N3O. The van der Waals surface area contributed by atoms with E-state index in [1.165, 1.54) is 19.3 Å². The van der Waals surface area contributed by atoms with Crippen molar-refractivity contribution in [3.63, 3.8) is 0 Å². The zero-order valence-corrected chi connectivity index (χ0v) is 11.6. The molecule has 3 rings (SSSR count). The number of fused-ring (bicyclic) bond motifs is 1. The predicted molar refractivity (Wildman–Crippen MR) is 79.2 cm³/mol. The molecule has 20 heavy (non-hydrogen) atoms. The zero-order chi connectivity index (χ0) is 13.9. The number of rotatable bonds is 3. The van der Waals surface area contributed by atoms with Crippen LogP contribution in [0.25, 0.3) is 0 Å². The van der Waals surface area contributed by atoms with Crippen LogP contribution in [0.3, 0.4) is 0 Å². The van der Waals surface area contributed by atoms with E-state index >= 15 is 0 Å². The first-order valence-electron chi connectivity index (χ1n) is 7.46. The van der Waals surface area contributed by atoms with Crippen LogP contribution < -0.4 is 11.2 Å². The van der Waals surface area contributed by atoms with Crippen LogP contribution >= 0.6 is 0 Å². The van der Waals surface area contributed by atoms with Crippen molar-refractivity contribution in [3.8, 4) is 0 Å². The predicted octanol–water partition coefficient (Wildman–Crippen LogP) is 2.49. The third-order valence-corrected chi connectivity index (χ3v) is 4.50. The maximum atomic E-state index is 12.4. The van der Waals surface area contributed by atoms with Crippen LogP contribution in [0, 0.1) is 5.92 Å². The van der Waals surface area contributed by atoms with E-state index in [0.29, 0.717) is 18.0 Å². The first-order valence-corrected chi connectivity index (χ1v) is 7.46. The first-order chi connectivity index (χ1) is 9.79. The van der Waals surface area contributed by atoms with Crippen LogP contribution in [0.2, 0.25) is 0 Å². The van der Waals surface area contributed by atoms with Crippen LogP contribution in [0.4, 0.5) is 0 Å². The average molecular weight is 271 g/mol. The molecule has 1 fully saturated rings. The van der Waals surface area contributed by atoms with Gasteiger partial charge in [0.1, 0.15) is 5.78 Å². The summed E-state index contributed by atoms with van der Waals surface area (Å²) in [6.07, 6.45) is 6.33. The number of nitrogens with one attached hydrogen (secondary N) is 1. The number of hydrazone groups is 1. The molecule has 1 saturated carbocycles. The van der Waals surface area contributed by atoms with E-state index in [9.17, 15) is 4.79 Å². The van der Waals surface area contributed by atoms with Gasteiger partial charge in [-0.05, 0) is 18.4 Å². The minimum atomic E-state index is 0.0305. The Hall–Kier alpha value is -1.84. The Morgan fingerprint density at radius 3 is 2.75 bits per heavy atom. The molecule has 1 unspecified atom stereocenters. The number of amidine groups is 1. The number of carbonyl (C=O) groups excluding carboxylic acids is 1. The topological polar surface area (TPSA) is 67.5 Å². The van der Waals surface area contributed by atoms with Gasteiger partial charge >= 0.3 is 0 Å². The van der Waals surface area contributed by atoms with E-state index in [0.717, 1.165) is 24.0 Å². The first kappa shape index (κ1) is 13.2. The van der Waals surface area contributed by atoms with Gasteiger partial charge in [0.15, 0.2) is 5.84 Å². The Labute approximate surface area is 119 Å². The molecule has 1 aromatic carbocycles. The number of benzene rings is 1. The Morgan fingerprint density at radius 2 is 2.00 bits per heavy atom. The summed E-state index contributed by atoms with van der Waals surface area (Å²) in [6, 6.07) is 8.05. The Kier molecular flexibility index (Phi) is 3.72. The van der Waals surface area contributed by atoms with E-state index < -0.39 is 0 Å². The highest BCUT2D eigenvalue weighted by Crippen LogP contribution is 2.32. The minimum absolute atomic E-state index is 0.0305. The highest BCUT2D eigenvalue weighted by atomic mass is 16.1. The summed E-state index contributed by atoms with van der Waals surface area (Å²) in [5.41, 5.74) is 2.16. The van der Waals surface area contributed by atoms with Crippen LogP contribution in [0.5, 0.6) is 0 Å². The van der Waals surface area contributed by atoms with Gasteiger partial charge in [0, 0.05) is 17.9 Å². The molecule has 1 heterocycles. The number of nitrogens with zero attached hydrogens (tertiary/aromatic N) is 1. The van der Waals surface area contributed by atoms with Gasteiger partial charge in [-0.3, -0.25) is 4.79 Å². The minimum Gasteiger partial charge on any atom is -0.361 e. The van der Waals surface area contributed by atoms with E-state index in [1.54, 1.807) is 0 Å². The molecule has 0 aromatic heterocycles. The number of hydrogen-bond donors (Lipinski definition) is 2. The van der Waals surface area contributed by atoms with E-state index in [-0.39, 0.29) is 12.0 Å². The lowest BCUT2D eigenvalue weighted by molar-refractivity contribution is -0.124. The molecule has 0 amide bonds. The monoisotopic (exact) mass is 271 g/mol. The zero-order valence-electron chi connectivity index (χ0n) is 11.6. The van der Waals surface area contributed by atoms with E-state index in [4.69, 9.17) is 5.84 Å². The second-order valence-electron chi connectivity index (χ2n) is 5.77. The van der Waals surface area contributed by atoms with Gasteiger partial charge in [0.25, 0.3) is 0 Å². The number of ketones is 1. The van der Waals surface area contributed by atoms with Crippen molar-refractivity contribution >= 4 is 11.6 Å². The van der Waals surface area contributed by atoms with Crippen molar-refractivity contribution in [3.05, 3.63) is 35.4 Å². The molecule has 0 saturated heterocycles. The van der Waals surface area contributed by atoms with Gasteiger partial charge in [-0.15, -0.1) is 0 Å². The van der Waals surface area contributed by atoms with Crippen molar-refractivity contribution in [1.82, 2.24) is 5.32 Å². The van der Waals surface area contributed by atoms with Crippen molar-refractivity contribution in [2.45, 2.75) is 44.6 Å². The van der Waals surface area contributed by atoms with Gasteiger partial charge in [-0.25, -0.2) is 0 Å². The second-order valence-corrected chi connectivity index (χ2v) is 5.77. The van der Waals surface area contributed by atoms with Crippen molar-refractivity contribution in [2.75, 3.05) is 0 Å². The van der Waals surface area contributed by atoms with Crippen LogP contribution in [-0.4, -0.2) is 11.6 Å². The van der Waals surface area contributed by atoms with Crippen LogP contribution in [-0.2, 0) is 4.79 Å². The SMILES string of the molecule is N/N=C1\NC(CC(=O)C2CCCCC2)c2ccccc21. The summed E-state index contributed by atoms with van der Waals surface area (Å²) in [5, 5.41) is 7.07. The van der Waals surface area contributed by atoms with Gasteiger partial charge in [-0.1, -0.05) is 43.5 Å². The second kappa shape index (κ2) is 5.65. The normalized spacial score (nSPS) is 24.4. The average Bonchev–Trinajstić information content (AvgIpc) is 2.86. The molecule has 4 heteroatoms. The summed E-state index contributed by atoms with van der Waals surface area (Å²) in [4.78, 5) is 12.4. The Bertz CT molecular complexity index is 532. The summed E-state index contributed by atoms with van der Waals surface area (Å²) in [6.45, 7) is 0. The maximum absolute atomic E-state index is 12.4. The molecule has 0 radical (unpaired) electrons. The van der Waals surface area contributed by atoms with E-state index in [2.05, 4.69) is 16.5 Å². The van der Waals surface area contributed by atoms with Gasteiger partial charge < -0.3 is 11.2 Å².